The largest absolute Gasteiger partial charge is 0.465 e. The first-order valence-corrected chi connectivity index (χ1v) is 5.76. The number of anilines is 1. The van der Waals surface area contributed by atoms with Gasteiger partial charge in [0.1, 0.15) is 6.04 Å². The third-order valence-corrected chi connectivity index (χ3v) is 2.76. The lowest BCUT2D eigenvalue weighted by Crippen LogP contribution is -2.36. The lowest BCUT2D eigenvalue weighted by Gasteiger charge is -2.23. The molecule has 1 aromatic carbocycles. The number of carbonyl (C=O) groups is 1. The second kappa shape index (κ2) is 6.25. The summed E-state index contributed by atoms with van der Waals surface area (Å²) >= 11 is 0. The molecule has 0 saturated heterocycles. The van der Waals surface area contributed by atoms with Gasteiger partial charge in [0, 0.05) is 12.2 Å². The molecule has 0 aliphatic carbocycles. The van der Waals surface area contributed by atoms with Gasteiger partial charge in [-0.05, 0) is 32.5 Å². The van der Waals surface area contributed by atoms with E-state index < -0.39 is 0 Å². The molecule has 4 nitrogen and oxygen atoms in total. The SMILES string of the molecule is CCOC(=O)C(C)N(C)Cc1ccccc1N. The molecule has 4 heteroatoms. The predicted molar refractivity (Wildman–Crippen MR) is 68.4 cm³/mol. The Kier molecular flexibility index (Phi) is 4.97. The van der Waals surface area contributed by atoms with E-state index in [4.69, 9.17) is 10.5 Å². The Balaban J connectivity index is 2.63. The number of ether oxygens (including phenoxy) is 1. The normalized spacial score (nSPS) is 12.5. The summed E-state index contributed by atoms with van der Waals surface area (Å²) in [6, 6.07) is 7.39. The molecule has 1 unspecified atom stereocenters. The number of hydrogen-bond acceptors (Lipinski definition) is 4. The number of carbonyl (C=O) groups excluding carboxylic acids is 1. The number of hydrogen-bond donors (Lipinski definition) is 1. The molecule has 1 aromatic rings. The third-order valence-electron chi connectivity index (χ3n) is 2.76. The summed E-state index contributed by atoms with van der Waals surface area (Å²) in [6.07, 6.45) is 0. The van der Waals surface area contributed by atoms with Gasteiger partial charge in [-0.1, -0.05) is 18.2 Å². The Morgan fingerprint density at radius 3 is 2.71 bits per heavy atom. The Labute approximate surface area is 102 Å². The highest BCUT2D eigenvalue weighted by Gasteiger charge is 2.19. The van der Waals surface area contributed by atoms with Crippen molar-refractivity contribution in [2.45, 2.75) is 26.4 Å². The van der Waals surface area contributed by atoms with E-state index in [9.17, 15) is 4.79 Å². The number of likely N-dealkylation sites (N-methyl/N-ethyl adjacent to an activating group) is 1. The number of nitrogens with zero attached hydrogens (tertiary/aromatic N) is 1. The average molecular weight is 236 g/mol. The van der Waals surface area contributed by atoms with Gasteiger partial charge in [-0.2, -0.15) is 0 Å². The first kappa shape index (κ1) is 13.5. The fraction of sp³-hybridized carbons (Fsp3) is 0.462. The Morgan fingerprint density at radius 1 is 1.47 bits per heavy atom. The smallest absolute Gasteiger partial charge is 0.323 e. The lowest BCUT2D eigenvalue weighted by molar-refractivity contribution is -0.148. The maximum Gasteiger partial charge on any atom is 0.323 e. The van der Waals surface area contributed by atoms with Gasteiger partial charge >= 0.3 is 5.97 Å². The molecule has 2 N–H and O–H groups in total. The monoisotopic (exact) mass is 236 g/mol. The molecular weight excluding hydrogens is 216 g/mol. The Morgan fingerprint density at radius 2 is 2.12 bits per heavy atom. The molecule has 0 amide bonds. The topological polar surface area (TPSA) is 55.6 Å². The van der Waals surface area contributed by atoms with Crippen LogP contribution in [0.3, 0.4) is 0 Å². The van der Waals surface area contributed by atoms with Crippen LogP contribution in [-0.4, -0.2) is 30.6 Å². The summed E-state index contributed by atoms with van der Waals surface area (Å²) in [5.74, 6) is -0.204. The van der Waals surface area contributed by atoms with E-state index in [1.807, 2.05) is 43.1 Å². The summed E-state index contributed by atoms with van der Waals surface area (Å²) < 4.78 is 4.98. The van der Waals surface area contributed by atoms with Crippen LogP contribution in [0.5, 0.6) is 0 Å². The summed E-state index contributed by atoms with van der Waals surface area (Å²) in [7, 11) is 1.88. The zero-order valence-corrected chi connectivity index (χ0v) is 10.6. The van der Waals surface area contributed by atoms with Crippen LogP contribution in [0.2, 0.25) is 0 Å². The molecule has 0 spiro atoms. The molecule has 17 heavy (non-hydrogen) atoms. The van der Waals surface area contributed by atoms with Gasteiger partial charge in [0.05, 0.1) is 6.61 Å². The molecule has 0 heterocycles. The highest BCUT2D eigenvalue weighted by Crippen LogP contribution is 2.14. The zero-order valence-electron chi connectivity index (χ0n) is 10.6. The van der Waals surface area contributed by atoms with Crippen LogP contribution in [-0.2, 0) is 16.1 Å². The van der Waals surface area contributed by atoms with Gasteiger partial charge in [-0.15, -0.1) is 0 Å². The fourth-order valence-corrected chi connectivity index (χ4v) is 1.53. The summed E-state index contributed by atoms with van der Waals surface area (Å²) in [5.41, 5.74) is 7.63. The van der Waals surface area contributed by atoms with Gasteiger partial charge in [0.25, 0.3) is 0 Å². The van der Waals surface area contributed by atoms with Crippen LogP contribution in [0.4, 0.5) is 5.69 Å². The predicted octanol–water partition coefficient (Wildman–Crippen LogP) is 1.65. The van der Waals surface area contributed by atoms with Gasteiger partial charge in [0.15, 0.2) is 0 Å². The zero-order chi connectivity index (χ0) is 12.8. The summed E-state index contributed by atoms with van der Waals surface area (Å²) in [5, 5.41) is 0. The highest BCUT2D eigenvalue weighted by molar-refractivity contribution is 5.75. The van der Waals surface area contributed by atoms with Crippen LogP contribution in [0.25, 0.3) is 0 Å². The van der Waals surface area contributed by atoms with E-state index >= 15 is 0 Å². The van der Waals surface area contributed by atoms with Crippen LogP contribution >= 0.6 is 0 Å². The first-order chi connectivity index (χ1) is 8.06. The number of benzene rings is 1. The standard InChI is InChI=1S/C13H20N2O2/c1-4-17-13(16)10(2)15(3)9-11-7-5-6-8-12(11)14/h5-8,10H,4,9,14H2,1-3H3. The number of nitrogens with two attached hydrogens (primary N) is 1. The number of nitrogen functional groups attached to an aromatic ring is 1. The molecular formula is C13H20N2O2. The van der Waals surface area contributed by atoms with Gasteiger partial charge in [0.2, 0.25) is 0 Å². The molecule has 1 atom stereocenters. The van der Waals surface area contributed by atoms with Crippen LogP contribution < -0.4 is 5.73 Å². The van der Waals surface area contributed by atoms with Crippen molar-refractivity contribution in [1.82, 2.24) is 4.90 Å². The van der Waals surface area contributed by atoms with Crippen molar-refractivity contribution in [3.05, 3.63) is 29.8 Å². The molecule has 0 aromatic heterocycles. The van der Waals surface area contributed by atoms with Crippen LogP contribution in [0.15, 0.2) is 24.3 Å². The van der Waals surface area contributed by atoms with E-state index in [0.29, 0.717) is 13.2 Å². The molecule has 0 radical (unpaired) electrons. The van der Waals surface area contributed by atoms with Crippen LogP contribution in [0.1, 0.15) is 19.4 Å². The second-order valence-electron chi connectivity index (χ2n) is 4.04. The Hall–Kier alpha value is -1.55. The minimum absolute atomic E-state index is 0.204. The molecule has 94 valence electrons. The number of para-hydroxylation sites is 1. The molecule has 0 fully saturated rings. The van der Waals surface area contributed by atoms with E-state index in [2.05, 4.69) is 0 Å². The van der Waals surface area contributed by atoms with Crippen molar-refractivity contribution in [2.75, 3.05) is 19.4 Å². The van der Waals surface area contributed by atoms with Crippen molar-refractivity contribution < 1.29 is 9.53 Å². The lowest BCUT2D eigenvalue weighted by atomic mass is 10.1. The van der Waals surface area contributed by atoms with Crippen molar-refractivity contribution in [3.63, 3.8) is 0 Å². The van der Waals surface area contributed by atoms with E-state index in [0.717, 1.165) is 11.3 Å². The first-order valence-electron chi connectivity index (χ1n) is 5.76. The summed E-state index contributed by atoms with van der Waals surface area (Å²) in [4.78, 5) is 13.5. The summed E-state index contributed by atoms with van der Waals surface area (Å²) in [6.45, 7) is 4.67. The number of rotatable bonds is 5. The molecule has 0 aliphatic heterocycles. The average Bonchev–Trinajstić information content (AvgIpc) is 2.31. The molecule has 1 rings (SSSR count). The van der Waals surface area contributed by atoms with Gasteiger partial charge < -0.3 is 10.5 Å². The van der Waals surface area contributed by atoms with Gasteiger partial charge in [-0.25, -0.2) is 0 Å². The molecule has 0 saturated carbocycles. The highest BCUT2D eigenvalue weighted by atomic mass is 16.5. The Bertz CT molecular complexity index is 379. The minimum Gasteiger partial charge on any atom is -0.465 e. The molecule has 0 aliphatic rings. The van der Waals surface area contributed by atoms with Crippen LogP contribution in [0, 0.1) is 0 Å². The molecule has 0 bridgehead atoms. The quantitative estimate of drug-likeness (QED) is 0.624. The van der Waals surface area contributed by atoms with Gasteiger partial charge in [-0.3, -0.25) is 9.69 Å². The van der Waals surface area contributed by atoms with E-state index in [1.54, 1.807) is 6.92 Å². The third kappa shape index (κ3) is 3.75. The van der Waals surface area contributed by atoms with Crippen molar-refractivity contribution in [3.8, 4) is 0 Å². The minimum atomic E-state index is -0.269. The number of esters is 1. The van der Waals surface area contributed by atoms with E-state index in [-0.39, 0.29) is 12.0 Å². The van der Waals surface area contributed by atoms with E-state index in [1.165, 1.54) is 0 Å². The maximum absolute atomic E-state index is 11.6. The van der Waals surface area contributed by atoms with Crippen molar-refractivity contribution >= 4 is 11.7 Å². The van der Waals surface area contributed by atoms with Crippen molar-refractivity contribution in [1.29, 1.82) is 0 Å². The maximum atomic E-state index is 11.6. The fourth-order valence-electron chi connectivity index (χ4n) is 1.53. The van der Waals surface area contributed by atoms with Crippen molar-refractivity contribution in [2.24, 2.45) is 0 Å². The second-order valence-corrected chi connectivity index (χ2v) is 4.04.